The molecular formula is C7H14N2O2. The molecule has 1 fully saturated rings. The van der Waals surface area contributed by atoms with Crippen molar-refractivity contribution in [1.82, 2.24) is 10.2 Å². The Morgan fingerprint density at radius 3 is 3.09 bits per heavy atom. The van der Waals surface area contributed by atoms with Gasteiger partial charge in [-0.25, -0.2) is 4.79 Å². The number of amides is 1. The number of nitrogens with one attached hydrogen (secondary N) is 1. The highest BCUT2D eigenvalue weighted by atomic mass is 16.4. The van der Waals surface area contributed by atoms with Gasteiger partial charge in [0.05, 0.1) is 0 Å². The van der Waals surface area contributed by atoms with Gasteiger partial charge in [0.2, 0.25) is 0 Å². The maximum atomic E-state index is 10.6. The van der Waals surface area contributed by atoms with Crippen LogP contribution < -0.4 is 5.32 Å². The van der Waals surface area contributed by atoms with Crippen LogP contribution in [-0.4, -0.2) is 41.8 Å². The molecule has 1 aliphatic rings. The molecule has 0 aromatic heterocycles. The molecule has 0 aromatic rings. The summed E-state index contributed by atoms with van der Waals surface area (Å²) in [5, 5.41) is 11.9. The number of rotatable bonds is 0. The normalized spacial score (nSPS) is 26.3. The van der Waals surface area contributed by atoms with Gasteiger partial charge in [0.25, 0.3) is 0 Å². The lowest BCUT2D eigenvalue weighted by Gasteiger charge is -2.22. The van der Waals surface area contributed by atoms with E-state index in [0.29, 0.717) is 6.54 Å². The van der Waals surface area contributed by atoms with Crippen molar-refractivity contribution in [3.8, 4) is 0 Å². The lowest BCUT2D eigenvalue weighted by molar-refractivity contribution is 0.132. The average Bonchev–Trinajstić information content (AvgIpc) is 2.13. The van der Waals surface area contributed by atoms with Gasteiger partial charge < -0.3 is 15.3 Å². The molecule has 1 unspecified atom stereocenters. The Bertz CT molecular complexity index is 149. The van der Waals surface area contributed by atoms with Gasteiger partial charge in [0.1, 0.15) is 0 Å². The van der Waals surface area contributed by atoms with Crippen LogP contribution in [0.5, 0.6) is 0 Å². The van der Waals surface area contributed by atoms with Crippen molar-refractivity contribution in [3.05, 3.63) is 0 Å². The van der Waals surface area contributed by atoms with E-state index in [0.717, 1.165) is 19.5 Å². The molecule has 1 rings (SSSR count). The first-order valence-corrected chi connectivity index (χ1v) is 3.92. The predicted octanol–water partition coefficient (Wildman–Crippen LogP) is 0.348. The fourth-order valence-electron chi connectivity index (χ4n) is 1.30. The largest absolute Gasteiger partial charge is 0.465 e. The molecule has 0 aromatic carbocycles. The molecule has 1 atom stereocenters. The van der Waals surface area contributed by atoms with Crippen LogP contribution >= 0.6 is 0 Å². The van der Waals surface area contributed by atoms with Crippen molar-refractivity contribution >= 4 is 6.09 Å². The van der Waals surface area contributed by atoms with E-state index in [1.54, 1.807) is 0 Å². The smallest absolute Gasteiger partial charge is 0.407 e. The predicted molar refractivity (Wildman–Crippen MR) is 41.7 cm³/mol. The van der Waals surface area contributed by atoms with E-state index in [4.69, 9.17) is 5.11 Å². The van der Waals surface area contributed by atoms with Gasteiger partial charge in [0, 0.05) is 19.1 Å². The number of nitrogens with zero attached hydrogens (tertiary/aromatic N) is 1. The molecule has 1 amide bonds. The van der Waals surface area contributed by atoms with Gasteiger partial charge in [-0.2, -0.15) is 0 Å². The van der Waals surface area contributed by atoms with E-state index in [-0.39, 0.29) is 6.04 Å². The zero-order chi connectivity index (χ0) is 8.27. The van der Waals surface area contributed by atoms with E-state index in [1.807, 2.05) is 6.92 Å². The highest BCUT2D eigenvalue weighted by Crippen LogP contribution is 2.03. The van der Waals surface area contributed by atoms with Gasteiger partial charge >= 0.3 is 6.09 Å². The van der Waals surface area contributed by atoms with Gasteiger partial charge in [-0.15, -0.1) is 0 Å². The number of carboxylic acid groups (broad SMARTS) is 1. The molecule has 0 saturated carbocycles. The Morgan fingerprint density at radius 2 is 2.45 bits per heavy atom. The summed E-state index contributed by atoms with van der Waals surface area (Å²) in [6, 6.07) is 0.106. The summed E-state index contributed by atoms with van der Waals surface area (Å²) >= 11 is 0. The summed E-state index contributed by atoms with van der Waals surface area (Å²) in [6.07, 6.45) is 0.109. The average molecular weight is 158 g/mol. The zero-order valence-electron chi connectivity index (χ0n) is 6.71. The molecule has 4 nitrogen and oxygen atoms in total. The fourth-order valence-corrected chi connectivity index (χ4v) is 1.30. The summed E-state index contributed by atoms with van der Waals surface area (Å²) in [4.78, 5) is 12.1. The van der Waals surface area contributed by atoms with Crippen LogP contribution in [-0.2, 0) is 0 Å². The van der Waals surface area contributed by atoms with Crippen LogP contribution in [0.15, 0.2) is 0 Å². The SMILES string of the molecule is CC1CNCCCN1C(=O)O. The summed E-state index contributed by atoms with van der Waals surface area (Å²) < 4.78 is 0. The van der Waals surface area contributed by atoms with E-state index < -0.39 is 6.09 Å². The van der Waals surface area contributed by atoms with Crippen molar-refractivity contribution in [2.24, 2.45) is 0 Å². The van der Waals surface area contributed by atoms with Crippen molar-refractivity contribution in [3.63, 3.8) is 0 Å². The van der Waals surface area contributed by atoms with Crippen molar-refractivity contribution in [1.29, 1.82) is 0 Å². The maximum Gasteiger partial charge on any atom is 0.407 e. The van der Waals surface area contributed by atoms with E-state index in [2.05, 4.69) is 5.32 Å². The van der Waals surface area contributed by atoms with Gasteiger partial charge in [-0.3, -0.25) is 0 Å². The molecule has 0 radical (unpaired) electrons. The van der Waals surface area contributed by atoms with Crippen molar-refractivity contribution in [2.75, 3.05) is 19.6 Å². The minimum Gasteiger partial charge on any atom is -0.465 e. The molecule has 1 saturated heterocycles. The van der Waals surface area contributed by atoms with Crippen LogP contribution in [0.4, 0.5) is 4.79 Å². The van der Waals surface area contributed by atoms with Crippen molar-refractivity contribution < 1.29 is 9.90 Å². The molecule has 0 aliphatic carbocycles. The molecule has 4 heteroatoms. The second kappa shape index (κ2) is 3.57. The Balaban J connectivity index is 2.52. The quantitative estimate of drug-likeness (QED) is 0.534. The van der Waals surface area contributed by atoms with Crippen molar-refractivity contribution in [2.45, 2.75) is 19.4 Å². The summed E-state index contributed by atoms with van der Waals surface area (Å²) in [5.74, 6) is 0. The molecular weight excluding hydrogens is 144 g/mol. The van der Waals surface area contributed by atoms with Crippen LogP contribution in [0.25, 0.3) is 0 Å². The fraction of sp³-hybridized carbons (Fsp3) is 0.857. The van der Waals surface area contributed by atoms with Crippen LogP contribution in [0.1, 0.15) is 13.3 Å². The third-order valence-electron chi connectivity index (χ3n) is 1.97. The van der Waals surface area contributed by atoms with E-state index in [9.17, 15) is 4.79 Å². The van der Waals surface area contributed by atoms with Crippen LogP contribution in [0.3, 0.4) is 0 Å². The Morgan fingerprint density at radius 1 is 1.73 bits per heavy atom. The lowest BCUT2D eigenvalue weighted by atomic mass is 10.3. The maximum absolute atomic E-state index is 10.6. The van der Waals surface area contributed by atoms with E-state index in [1.165, 1.54) is 4.90 Å². The van der Waals surface area contributed by atoms with Gasteiger partial charge in [-0.05, 0) is 19.9 Å². The first-order chi connectivity index (χ1) is 5.22. The minimum atomic E-state index is -0.804. The highest BCUT2D eigenvalue weighted by Gasteiger charge is 2.20. The standard InChI is InChI=1S/C7H14N2O2/c1-6-5-8-3-2-4-9(6)7(10)11/h6,8H,2-5H2,1H3,(H,10,11). The third kappa shape index (κ3) is 2.08. The van der Waals surface area contributed by atoms with Gasteiger partial charge in [0.15, 0.2) is 0 Å². The number of hydrogen-bond donors (Lipinski definition) is 2. The molecule has 1 aliphatic heterocycles. The summed E-state index contributed by atoms with van der Waals surface area (Å²) in [6.45, 7) is 4.27. The topological polar surface area (TPSA) is 52.6 Å². The summed E-state index contributed by atoms with van der Waals surface area (Å²) in [7, 11) is 0. The van der Waals surface area contributed by atoms with Crippen LogP contribution in [0, 0.1) is 0 Å². The first kappa shape index (κ1) is 8.33. The Kier molecular flexibility index (Phi) is 2.70. The molecule has 1 heterocycles. The Hall–Kier alpha value is -0.770. The molecule has 64 valence electrons. The zero-order valence-corrected chi connectivity index (χ0v) is 6.71. The number of hydrogen-bond acceptors (Lipinski definition) is 2. The first-order valence-electron chi connectivity index (χ1n) is 3.92. The van der Waals surface area contributed by atoms with Gasteiger partial charge in [-0.1, -0.05) is 0 Å². The lowest BCUT2D eigenvalue weighted by Crippen LogP contribution is -2.40. The van der Waals surface area contributed by atoms with E-state index >= 15 is 0 Å². The monoisotopic (exact) mass is 158 g/mol. The van der Waals surface area contributed by atoms with Crippen LogP contribution in [0.2, 0.25) is 0 Å². The molecule has 0 bridgehead atoms. The minimum absolute atomic E-state index is 0.106. The second-order valence-corrected chi connectivity index (χ2v) is 2.88. The molecule has 11 heavy (non-hydrogen) atoms. The molecule has 0 spiro atoms. The second-order valence-electron chi connectivity index (χ2n) is 2.88. The third-order valence-corrected chi connectivity index (χ3v) is 1.97. The summed E-state index contributed by atoms with van der Waals surface area (Å²) in [5.41, 5.74) is 0. The molecule has 2 N–H and O–H groups in total. The Labute approximate surface area is 66.2 Å². The highest BCUT2D eigenvalue weighted by molar-refractivity contribution is 5.65. The number of carbonyl (C=O) groups is 1.